The van der Waals surface area contributed by atoms with Crippen molar-refractivity contribution in [2.45, 2.75) is 12.8 Å². The van der Waals surface area contributed by atoms with Crippen LogP contribution in [0.5, 0.6) is 5.75 Å². The van der Waals surface area contributed by atoms with Crippen LogP contribution >= 0.6 is 0 Å². The molecule has 0 atom stereocenters. The van der Waals surface area contributed by atoms with Gasteiger partial charge in [0.15, 0.2) is 0 Å². The molecule has 122 valence electrons. The van der Waals surface area contributed by atoms with E-state index in [0.717, 1.165) is 5.75 Å². The molecule has 1 aromatic rings. The van der Waals surface area contributed by atoms with Gasteiger partial charge in [0.1, 0.15) is 5.75 Å². The van der Waals surface area contributed by atoms with Crippen molar-refractivity contribution in [1.82, 2.24) is 9.80 Å². The first-order chi connectivity index (χ1) is 11.1. The van der Waals surface area contributed by atoms with Crippen LogP contribution in [-0.4, -0.2) is 54.4 Å². The first-order valence-electron chi connectivity index (χ1n) is 7.60. The Morgan fingerprint density at radius 1 is 1.17 bits per heavy atom. The van der Waals surface area contributed by atoms with E-state index in [4.69, 9.17) is 4.74 Å². The molecule has 0 aliphatic carbocycles. The molecule has 0 aromatic heterocycles. The Labute approximate surface area is 134 Å². The summed E-state index contributed by atoms with van der Waals surface area (Å²) in [4.78, 5) is 38.2. The van der Waals surface area contributed by atoms with Crippen LogP contribution in [0.3, 0.4) is 0 Å². The summed E-state index contributed by atoms with van der Waals surface area (Å²) in [7, 11) is 1.59. The normalized spacial score (nSPS) is 18.1. The number of carbonyl (C=O) groups is 3. The maximum absolute atomic E-state index is 12.1. The summed E-state index contributed by atoms with van der Waals surface area (Å²) in [6, 6.07) is 6.93. The van der Waals surface area contributed by atoms with Gasteiger partial charge in [0.05, 0.1) is 7.11 Å². The zero-order valence-corrected chi connectivity index (χ0v) is 12.9. The molecule has 3 rings (SSSR count). The van der Waals surface area contributed by atoms with Crippen molar-refractivity contribution in [2.75, 3.05) is 32.1 Å². The van der Waals surface area contributed by atoms with Gasteiger partial charge in [-0.25, -0.2) is 4.79 Å². The number of amides is 4. The van der Waals surface area contributed by atoms with Crippen molar-refractivity contribution in [3.05, 3.63) is 24.3 Å². The highest BCUT2D eigenvalue weighted by Gasteiger charge is 2.37. The van der Waals surface area contributed by atoms with Gasteiger partial charge in [-0.2, -0.15) is 0 Å². The predicted octanol–water partition coefficient (Wildman–Crippen LogP) is 1.31. The second-order valence-corrected chi connectivity index (χ2v) is 5.83. The number of nitrogens with one attached hydrogen (secondary N) is 1. The molecule has 2 aliphatic heterocycles. The van der Waals surface area contributed by atoms with Crippen molar-refractivity contribution in [3.63, 3.8) is 0 Å². The Balaban J connectivity index is 1.46. The standard InChI is InChI=1S/C16H19N3O4/c1-23-13-4-2-12(3-5-13)17-16(22)18-8-11(9-18)10-19-14(20)6-7-15(19)21/h2-5,11H,6-10H2,1H3,(H,17,22). The van der Waals surface area contributed by atoms with Crippen LogP contribution in [0, 0.1) is 5.92 Å². The average molecular weight is 317 g/mol. The monoisotopic (exact) mass is 317 g/mol. The van der Waals surface area contributed by atoms with Gasteiger partial charge < -0.3 is 15.0 Å². The van der Waals surface area contributed by atoms with E-state index in [0.29, 0.717) is 38.2 Å². The van der Waals surface area contributed by atoms with Gasteiger partial charge in [-0.15, -0.1) is 0 Å². The lowest BCUT2D eigenvalue weighted by Gasteiger charge is -2.40. The van der Waals surface area contributed by atoms with Gasteiger partial charge in [-0.3, -0.25) is 14.5 Å². The quantitative estimate of drug-likeness (QED) is 0.849. The second-order valence-electron chi connectivity index (χ2n) is 5.83. The van der Waals surface area contributed by atoms with Gasteiger partial charge in [-0.1, -0.05) is 0 Å². The third-order valence-electron chi connectivity index (χ3n) is 4.18. The van der Waals surface area contributed by atoms with Crippen molar-refractivity contribution in [2.24, 2.45) is 5.92 Å². The molecule has 4 amide bonds. The number of urea groups is 1. The summed E-state index contributed by atoms with van der Waals surface area (Å²) in [6.07, 6.45) is 0.625. The summed E-state index contributed by atoms with van der Waals surface area (Å²) >= 11 is 0. The molecule has 23 heavy (non-hydrogen) atoms. The summed E-state index contributed by atoms with van der Waals surface area (Å²) < 4.78 is 5.07. The lowest BCUT2D eigenvalue weighted by Crippen LogP contribution is -2.55. The molecule has 0 radical (unpaired) electrons. The smallest absolute Gasteiger partial charge is 0.321 e. The minimum absolute atomic E-state index is 0.101. The van der Waals surface area contributed by atoms with E-state index in [2.05, 4.69) is 5.32 Å². The highest BCUT2D eigenvalue weighted by Crippen LogP contribution is 2.22. The van der Waals surface area contributed by atoms with E-state index in [1.54, 1.807) is 36.3 Å². The molecular weight excluding hydrogens is 298 g/mol. The maximum Gasteiger partial charge on any atom is 0.321 e. The molecule has 0 spiro atoms. The number of imide groups is 1. The van der Waals surface area contributed by atoms with Crippen LogP contribution in [0.2, 0.25) is 0 Å². The van der Waals surface area contributed by atoms with E-state index in [-0.39, 0.29) is 23.8 Å². The summed E-state index contributed by atoms with van der Waals surface area (Å²) in [5.74, 6) is 0.696. The van der Waals surface area contributed by atoms with E-state index < -0.39 is 0 Å². The van der Waals surface area contributed by atoms with Crippen molar-refractivity contribution < 1.29 is 19.1 Å². The zero-order chi connectivity index (χ0) is 16.4. The second kappa shape index (κ2) is 6.28. The molecule has 2 saturated heterocycles. The maximum atomic E-state index is 12.1. The Kier molecular flexibility index (Phi) is 4.18. The largest absolute Gasteiger partial charge is 0.497 e. The summed E-state index contributed by atoms with van der Waals surface area (Å²) in [5, 5.41) is 2.81. The van der Waals surface area contributed by atoms with Gasteiger partial charge in [0.25, 0.3) is 0 Å². The molecule has 1 N–H and O–H groups in total. The molecule has 7 nitrogen and oxygen atoms in total. The van der Waals surface area contributed by atoms with Crippen LogP contribution in [0.1, 0.15) is 12.8 Å². The van der Waals surface area contributed by atoms with E-state index >= 15 is 0 Å². The Morgan fingerprint density at radius 3 is 2.35 bits per heavy atom. The molecule has 2 aliphatic rings. The van der Waals surface area contributed by atoms with E-state index in [1.807, 2.05) is 0 Å². The fourth-order valence-electron chi connectivity index (χ4n) is 2.81. The molecule has 2 heterocycles. The number of carbonyl (C=O) groups excluding carboxylic acids is 3. The van der Waals surface area contributed by atoms with Gasteiger partial charge in [0, 0.05) is 44.1 Å². The lowest BCUT2D eigenvalue weighted by molar-refractivity contribution is -0.139. The number of anilines is 1. The fourth-order valence-corrected chi connectivity index (χ4v) is 2.81. The minimum Gasteiger partial charge on any atom is -0.497 e. The van der Waals surface area contributed by atoms with Gasteiger partial charge >= 0.3 is 6.03 Å². The van der Waals surface area contributed by atoms with Crippen molar-refractivity contribution in [3.8, 4) is 5.75 Å². The van der Waals surface area contributed by atoms with Crippen molar-refractivity contribution >= 4 is 23.5 Å². The van der Waals surface area contributed by atoms with Crippen molar-refractivity contribution in [1.29, 1.82) is 0 Å². The molecule has 7 heteroatoms. The number of hydrogen-bond donors (Lipinski definition) is 1. The zero-order valence-electron chi connectivity index (χ0n) is 12.9. The summed E-state index contributed by atoms with van der Waals surface area (Å²) in [6.45, 7) is 1.53. The van der Waals surface area contributed by atoms with E-state index in [1.165, 1.54) is 4.90 Å². The highest BCUT2D eigenvalue weighted by molar-refractivity contribution is 6.02. The third kappa shape index (κ3) is 3.28. The summed E-state index contributed by atoms with van der Waals surface area (Å²) in [5.41, 5.74) is 0.698. The first-order valence-corrected chi connectivity index (χ1v) is 7.60. The van der Waals surface area contributed by atoms with Crippen LogP contribution < -0.4 is 10.1 Å². The first kappa shape index (κ1) is 15.3. The number of hydrogen-bond acceptors (Lipinski definition) is 4. The minimum atomic E-state index is -0.175. The molecule has 0 saturated carbocycles. The number of benzene rings is 1. The molecule has 0 bridgehead atoms. The van der Waals surface area contributed by atoms with Crippen LogP contribution in [0.4, 0.5) is 10.5 Å². The molecule has 2 fully saturated rings. The Morgan fingerprint density at radius 2 is 1.78 bits per heavy atom. The average Bonchev–Trinajstić information content (AvgIpc) is 2.82. The number of methoxy groups -OCH3 is 1. The number of ether oxygens (including phenoxy) is 1. The SMILES string of the molecule is COc1ccc(NC(=O)N2CC(CN3C(=O)CCC3=O)C2)cc1. The number of likely N-dealkylation sites (tertiary alicyclic amines) is 2. The van der Waals surface area contributed by atoms with E-state index in [9.17, 15) is 14.4 Å². The molecule has 1 aromatic carbocycles. The van der Waals surface area contributed by atoms with Gasteiger partial charge in [0.2, 0.25) is 11.8 Å². The lowest BCUT2D eigenvalue weighted by atomic mass is 10.00. The Bertz CT molecular complexity index is 607. The van der Waals surface area contributed by atoms with Crippen LogP contribution in [0.25, 0.3) is 0 Å². The highest BCUT2D eigenvalue weighted by atomic mass is 16.5. The number of rotatable bonds is 4. The van der Waals surface area contributed by atoms with Crippen LogP contribution in [0.15, 0.2) is 24.3 Å². The molecule has 0 unspecified atom stereocenters. The van der Waals surface area contributed by atoms with Gasteiger partial charge in [-0.05, 0) is 24.3 Å². The Hall–Kier alpha value is -2.57. The topological polar surface area (TPSA) is 79.0 Å². The number of nitrogens with zero attached hydrogens (tertiary/aromatic N) is 2. The van der Waals surface area contributed by atoms with Crippen LogP contribution in [-0.2, 0) is 9.59 Å². The predicted molar refractivity (Wildman–Crippen MR) is 83.0 cm³/mol. The third-order valence-corrected chi connectivity index (χ3v) is 4.18. The fraction of sp³-hybridized carbons (Fsp3) is 0.438. The molecular formula is C16H19N3O4.